The summed E-state index contributed by atoms with van der Waals surface area (Å²) in [5, 5.41) is 6.89. The Kier molecular flexibility index (Phi) is 5.26. The molecule has 0 saturated carbocycles. The number of aromatic nitrogens is 4. The Morgan fingerprint density at radius 2 is 2.24 bits per heavy atom. The predicted octanol–water partition coefficient (Wildman–Crippen LogP) is 2.35. The maximum Gasteiger partial charge on any atom is 0.248 e. The van der Waals surface area contributed by atoms with Crippen LogP contribution in [0.1, 0.15) is 5.56 Å². The van der Waals surface area contributed by atoms with E-state index in [0.29, 0.717) is 24.6 Å². The van der Waals surface area contributed by atoms with E-state index in [-0.39, 0.29) is 5.91 Å². The number of imidazole rings is 1. The molecule has 0 saturated heterocycles. The van der Waals surface area contributed by atoms with Crippen LogP contribution in [0, 0.1) is 0 Å². The average molecular weight is 337 g/mol. The van der Waals surface area contributed by atoms with Crippen molar-refractivity contribution in [3.05, 3.63) is 67.0 Å². The Hall–Kier alpha value is -3.35. The third-order valence-corrected chi connectivity index (χ3v) is 3.46. The lowest BCUT2D eigenvalue weighted by molar-refractivity contribution is -0.111. The van der Waals surface area contributed by atoms with Crippen molar-refractivity contribution >= 4 is 17.7 Å². The number of nitrogens with one attached hydrogen (secondary N) is 1. The number of carbonyl (C=O) groups is 1. The topological polar surface area (TPSA) is 74.0 Å². The number of benzene rings is 1. The lowest BCUT2D eigenvalue weighted by Gasteiger charge is -2.11. The summed E-state index contributed by atoms with van der Waals surface area (Å²) in [5.74, 6) is 0.403. The third-order valence-electron chi connectivity index (χ3n) is 3.46. The number of nitrogens with zero attached hydrogens (tertiary/aromatic N) is 4. The summed E-state index contributed by atoms with van der Waals surface area (Å²) in [6.07, 6.45) is 12.0. The quantitative estimate of drug-likeness (QED) is 0.672. The highest BCUT2D eigenvalue weighted by atomic mass is 16.5. The van der Waals surface area contributed by atoms with Gasteiger partial charge in [0.05, 0.1) is 24.8 Å². The molecule has 0 unspecified atom stereocenters. The molecule has 0 bridgehead atoms. The largest absolute Gasteiger partial charge is 0.490 e. The molecule has 7 heteroatoms. The second-order valence-electron chi connectivity index (χ2n) is 5.42. The van der Waals surface area contributed by atoms with E-state index in [1.807, 2.05) is 48.3 Å². The molecule has 0 spiro atoms. The Bertz CT molecular complexity index is 852. The molecule has 0 fully saturated rings. The van der Waals surface area contributed by atoms with Crippen LogP contribution in [-0.4, -0.2) is 31.8 Å². The number of carbonyl (C=O) groups excluding carboxylic acids is 1. The molecule has 2 aromatic heterocycles. The fraction of sp³-hybridized carbons (Fsp3) is 0.167. The van der Waals surface area contributed by atoms with Gasteiger partial charge in [-0.1, -0.05) is 12.1 Å². The standard InChI is InChI=1S/C18H19N5O2/c1-22-13-15(12-20-22)6-7-18(24)21-16-4-2-3-5-17(16)25-11-10-23-9-8-19-14-23/h2-9,12-14H,10-11H2,1H3,(H,21,24)/b7-6-. The molecule has 0 aliphatic carbocycles. The van der Waals surface area contributed by atoms with Crippen molar-refractivity contribution in [2.45, 2.75) is 6.54 Å². The van der Waals surface area contributed by atoms with E-state index in [0.717, 1.165) is 5.56 Å². The van der Waals surface area contributed by atoms with Gasteiger partial charge in [0.15, 0.2) is 0 Å². The normalized spacial score (nSPS) is 10.9. The molecule has 3 aromatic rings. The van der Waals surface area contributed by atoms with Crippen molar-refractivity contribution in [3.8, 4) is 5.75 Å². The lowest BCUT2D eigenvalue weighted by atomic mass is 10.2. The predicted molar refractivity (Wildman–Crippen MR) is 95.0 cm³/mol. The average Bonchev–Trinajstić information content (AvgIpc) is 3.26. The minimum absolute atomic E-state index is 0.227. The smallest absolute Gasteiger partial charge is 0.248 e. The number of amides is 1. The number of anilines is 1. The van der Waals surface area contributed by atoms with Crippen molar-refractivity contribution in [1.29, 1.82) is 0 Å². The van der Waals surface area contributed by atoms with E-state index in [1.165, 1.54) is 6.08 Å². The van der Waals surface area contributed by atoms with Crippen molar-refractivity contribution in [2.75, 3.05) is 11.9 Å². The van der Waals surface area contributed by atoms with Crippen molar-refractivity contribution in [2.24, 2.45) is 7.05 Å². The SMILES string of the molecule is Cn1cc(/C=C\C(=O)Nc2ccccc2OCCn2ccnc2)cn1. The van der Waals surface area contributed by atoms with Crippen molar-refractivity contribution in [1.82, 2.24) is 19.3 Å². The van der Waals surface area contributed by atoms with E-state index in [2.05, 4.69) is 15.4 Å². The van der Waals surface area contributed by atoms with Crippen molar-refractivity contribution < 1.29 is 9.53 Å². The van der Waals surface area contributed by atoms with Crippen LogP contribution in [0.4, 0.5) is 5.69 Å². The zero-order valence-corrected chi connectivity index (χ0v) is 13.9. The molecular weight excluding hydrogens is 318 g/mol. The monoisotopic (exact) mass is 337 g/mol. The molecule has 0 aliphatic heterocycles. The minimum Gasteiger partial charge on any atom is -0.490 e. The number of para-hydroxylation sites is 2. The first-order valence-electron chi connectivity index (χ1n) is 7.86. The van der Waals surface area contributed by atoms with Crippen LogP contribution in [0.3, 0.4) is 0 Å². The van der Waals surface area contributed by atoms with Crippen LogP contribution in [0.5, 0.6) is 5.75 Å². The Labute approximate surface area is 145 Å². The molecule has 2 heterocycles. The van der Waals surface area contributed by atoms with Crippen LogP contribution in [-0.2, 0) is 18.4 Å². The number of aryl methyl sites for hydroxylation is 1. The molecule has 25 heavy (non-hydrogen) atoms. The van der Waals surface area contributed by atoms with Crippen LogP contribution in [0.15, 0.2) is 61.5 Å². The maximum absolute atomic E-state index is 12.1. The van der Waals surface area contributed by atoms with Gasteiger partial charge >= 0.3 is 0 Å². The maximum atomic E-state index is 12.1. The van der Waals surface area contributed by atoms with Gasteiger partial charge in [-0.25, -0.2) is 4.98 Å². The van der Waals surface area contributed by atoms with E-state index >= 15 is 0 Å². The molecule has 1 aromatic carbocycles. The Balaban J connectivity index is 1.58. The summed E-state index contributed by atoms with van der Waals surface area (Å²) in [4.78, 5) is 16.1. The number of rotatable bonds is 7. The zero-order valence-electron chi connectivity index (χ0n) is 13.9. The van der Waals surface area contributed by atoms with Gasteiger partial charge in [-0.2, -0.15) is 5.10 Å². The molecule has 3 rings (SSSR count). The van der Waals surface area contributed by atoms with Gasteiger partial charge in [-0.05, 0) is 18.2 Å². The molecule has 7 nitrogen and oxygen atoms in total. The van der Waals surface area contributed by atoms with Gasteiger partial charge in [-0.3, -0.25) is 9.48 Å². The molecule has 0 atom stereocenters. The second-order valence-corrected chi connectivity index (χ2v) is 5.42. The first-order valence-corrected chi connectivity index (χ1v) is 7.86. The van der Waals surface area contributed by atoms with E-state index in [9.17, 15) is 4.79 Å². The zero-order chi connectivity index (χ0) is 17.5. The fourth-order valence-corrected chi connectivity index (χ4v) is 2.25. The molecular formula is C18H19N5O2. The third kappa shape index (κ3) is 4.81. The number of hydrogen-bond acceptors (Lipinski definition) is 4. The second kappa shape index (κ2) is 7.96. The summed E-state index contributed by atoms with van der Waals surface area (Å²) in [5.41, 5.74) is 1.50. The molecule has 0 aliphatic rings. The Morgan fingerprint density at radius 1 is 1.36 bits per heavy atom. The van der Waals surface area contributed by atoms with Crippen LogP contribution in [0.25, 0.3) is 6.08 Å². The molecule has 1 N–H and O–H groups in total. The highest BCUT2D eigenvalue weighted by Crippen LogP contribution is 2.23. The van der Waals surface area contributed by atoms with Gasteiger partial charge < -0.3 is 14.6 Å². The highest BCUT2D eigenvalue weighted by molar-refractivity contribution is 6.02. The van der Waals surface area contributed by atoms with Crippen LogP contribution < -0.4 is 10.1 Å². The van der Waals surface area contributed by atoms with Gasteiger partial charge in [0.1, 0.15) is 12.4 Å². The number of hydrogen-bond donors (Lipinski definition) is 1. The first-order chi connectivity index (χ1) is 12.2. The molecule has 1 amide bonds. The summed E-state index contributed by atoms with van der Waals surface area (Å²) in [6, 6.07) is 7.35. The summed E-state index contributed by atoms with van der Waals surface area (Å²) in [6.45, 7) is 1.16. The van der Waals surface area contributed by atoms with Crippen molar-refractivity contribution in [3.63, 3.8) is 0 Å². The van der Waals surface area contributed by atoms with Crippen LogP contribution in [0.2, 0.25) is 0 Å². The van der Waals surface area contributed by atoms with E-state index < -0.39 is 0 Å². The van der Waals surface area contributed by atoms with Gasteiger partial charge in [0.2, 0.25) is 5.91 Å². The van der Waals surface area contributed by atoms with Gasteiger partial charge in [0, 0.05) is 37.3 Å². The summed E-state index contributed by atoms with van der Waals surface area (Å²) >= 11 is 0. The lowest BCUT2D eigenvalue weighted by Crippen LogP contribution is -2.11. The Morgan fingerprint density at radius 3 is 3.00 bits per heavy atom. The number of ether oxygens (including phenoxy) is 1. The molecule has 128 valence electrons. The van der Waals surface area contributed by atoms with E-state index in [4.69, 9.17) is 4.74 Å². The van der Waals surface area contributed by atoms with Crippen LogP contribution >= 0.6 is 0 Å². The fourth-order valence-electron chi connectivity index (χ4n) is 2.25. The van der Waals surface area contributed by atoms with Gasteiger partial charge in [-0.15, -0.1) is 0 Å². The summed E-state index contributed by atoms with van der Waals surface area (Å²) in [7, 11) is 1.83. The minimum atomic E-state index is -0.227. The van der Waals surface area contributed by atoms with Gasteiger partial charge in [0.25, 0.3) is 0 Å². The first kappa shape index (κ1) is 16.5. The summed E-state index contributed by atoms with van der Waals surface area (Å²) < 4.78 is 9.39. The molecule has 0 radical (unpaired) electrons. The van der Waals surface area contributed by atoms with E-state index in [1.54, 1.807) is 29.5 Å². The highest BCUT2D eigenvalue weighted by Gasteiger charge is 2.05.